The predicted molar refractivity (Wildman–Crippen MR) is 91.6 cm³/mol. The molecule has 2 rings (SSSR count). The van der Waals surface area contributed by atoms with Gasteiger partial charge in [0.05, 0.1) is 12.3 Å². The zero-order chi connectivity index (χ0) is 15.4. The summed E-state index contributed by atoms with van der Waals surface area (Å²) in [5.41, 5.74) is 2.16. The molecule has 1 aliphatic rings. The Morgan fingerprint density at radius 3 is 2.67 bits per heavy atom. The zero-order valence-corrected chi connectivity index (χ0v) is 14.2. The van der Waals surface area contributed by atoms with Crippen molar-refractivity contribution < 1.29 is 0 Å². The largest absolute Gasteiger partial charge is 0.286 e. The van der Waals surface area contributed by atoms with Gasteiger partial charge in [0.2, 0.25) is 5.96 Å². The minimum atomic E-state index is 0.342. The molecule has 0 saturated heterocycles. The van der Waals surface area contributed by atoms with E-state index in [0.717, 1.165) is 28.8 Å². The van der Waals surface area contributed by atoms with Gasteiger partial charge in [-0.05, 0) is 31.8 Å². The summed E-state index contributed by atoms with van der Waals surface area (Å²) < 4.78 is 5.17. The lowest BCUT2D eigenvalue weighted by molar-refractivity contribution is 0.447. The molecule has 1 unspecified atom stereocenters. The van der Waals surface area contributed by atoms with Crippen LogP contribution in [0.25, 0.3) is 0 Å². The number of benzene rings is 1. The van der Waals surface area contributed by atoms with E-state index in [9.17, 15) is 0 Å². The molecule has 0 aliphatic carbocycles. The molecule has 21 heavy (non-hydrogen) atoms. The van der Waals surface area contributed by atoms with Crippen LogP contribution < -0.4 is 4.72 Å². The fourth-order valence-electron chi connectivity index (χ4n) is 2.06. The molecule has 0 aromatic heterocycles. The number of guanidine groups is 1. The SMILES string of the molecule is CN=C(NSN(C)C)N1CC(C)C(c2ccc(Cl)cc2)=N1. The van der Waals surface area contributed by atoms with E-state index in [0.29, 0.717) is 5.92 Å². The van der Waals surface area contributed by atoms with Crippen LogP contribution in [0.5, 0.6) is 0 Å². The minimum absolute atomic E-state index is 0.342. The predicted octanol–water partition coefficient (Wildman–Crippen LogP) is 2.70. The molecule has 1 aromatic rings. The van der Waals surface area contributed by atoms with Crippen molar-refractivity contribution in [2.45, 2.75) is 6.92 Å². The van der Waals surface area contributed by atoms with Gasteiger partial charge in [-0.1, -0.05) is 30.7 Å². The van der Waals surface area contributed by atoms with Crippen molar-refractivity contribution in [3.63, 3.8) is 0 Å². The Bertz CT molecular complexity index is 541. The van der Waals surface area contributed by atoms with Crippen molar-refractivity contribution in [3.8, 4) is 0 Å². The van der Waals surface area contributed by atoms with Gasteiger partial charge < -0.3 is 0 Å². The Labute approximate surface area is 135 Å². The summed E-state index contributed by atoms with van der Waals surface area (Å²) in [6, 6.07) is 7.80. The first-order chi connectivity index (χ1) is 10.0. The summed E-state index contributed by atoms with van der Waals surface area (Å²) in [5.74, 6) is 1.10. The van der Waals surface area contributed by atoms with Gasteiger partial charge in [-0.3, -0.25) is 9.71 Å². The van der Waals surface area contributed by atoms with Gasteiger partial charge in [0.1, 0.15) is 0 Å². The van der Waals surface area contributed by atoms with Gasteiger partial charge in [-0.2, -0.15) is 5.10 Å². The number of hydrogen-bond donors (Lipinski definition) is 1. The van der Waals surface area contributed by atoms with Crippen molar-refractivity contribution >= 4 is 35.4 Å². The standard InChI is InChI=1S/C14H20ClN5S/c1-10-9-20(14(16-2)18-21-19(3)4)17-13(10)11-5-7-12(15)8-6-11/h5-8,10H,9H2,1-4H3,(H,16,18). The Balaban J connectivity index is 2.15. The maximum absolute atomic E-state index is 5.94. The van der Waals surface area contributed by atoms with Gasteiger partial charge in [0.25, 0.3) is 0 Å². The van der Waals surface area contributed by atoms with E-state index in [2.05, 4.69) is 16.6 Å². The van der Waals surface area contributed by atoms with Gasteiger partial charge in [-0.25, -0.2) is 9.31 Å². The first-order valence-electron chi connectivity index (χ1n) is 6.70. The van der Waals surface area contributed by atoms with Crippen LogP contribution >= 0.6 is 23.7 Å². The lowest BCUT2D eigenvalue weighted by Gasteiger charge is -2.18. The molecular formula is C14H20ClN5S. The third-order valence-electron chi connectivity index (χ3n) is 3.06. The molecule has 0 fully saturated rings. The average Bonchev–Trinajstić information content (AvgIpc) is 2.82. The van der Waals surface area contributed by atoms with E-state index in [4.69, 9.17) is 16.7 Å². The molecule has 1 heterocycles. The van der Waals surface area contributed by atoms with Crippen LogP contribution in [0.4, 0.5) is 0 Å². The second-order valence-corrected chi connectivity index (χ2v) is 6.58. The van der Waals surface area contributed by atoms with E-state index < -0.39 is 0 Å². The highest BCUT2D eigenvalue weighted by Gasteiger charge is 2.26. The fraction of sp³-hybridized carbons (Fsp3) is 0.429. The van der Waals surface area contributed by atoms with Crippen LogP contribution in [0.15, 0.2) is 34.4 Å². The molecule has 0 spiro atoms. The molecule has 0 bridgehead atoms. The molecule has 5 nitrogen and oxygen atoms in total. The number of nitrogens with zero attached hydrogens (tertiary/aromatic N) is 4. The molecule has 7 heteroatoms. The number of nitrogens with one attached hydrogen (secondary N) is 1. The monoisotopic (exact) mass is 325 g/mol. The van der Waals surface area contributed by atoms with Crippen molar-refractivity contribution in [2.24, 2.45) is 16.0 Å². The molecule has 1 N–H and O–H groups in total. The van der Waals surface area contributed by atoms with Crippen LogP contribution in [-0.4, -0.2) is 48.7 Å². The molecule has 114 valence electrons. The second-order valence-electron chi connectivity index (χ2n) is 5.03. The normalized spacial score (nSPS) is 19.1. The zero-order valence-electron chi connectivity index (χ0n) is 12.7. The lowest BCUT2D eigenvalue weighted by Crippen LogP contribution is -2.35. The topological polar surface area (TPSA) is 43.2 Å². The third kappa shape index (κ3) is 4.12. The number of hydrazone groups is 1. The quantitative estimate of drug-likeness (QED) is 0.527. The summed E-state index contributed by atoms with van der Waals surface area (Å²) in [6.45, 7) is 2.98. The highest BCUT2D eigenvalue weighted by molar-refractivity contribution is 7.95. The molecular weight excluding hydrogens is 306 g/mol. The Morgan fingerprint density at radius 1 is 1.43 bits per heavy atom. The Hall–Kier alpha value is -1.24. The summed E-state index contributed by atoms with van der Waals surface area (Å²) in [5, 5.41) is 7.35. The first-order valence-corrected chi connectivity index (χ1v) is 7.85. The maximum atomic E-state index is 5.94. The van der Waals surface area contributed by atoms with Crippen molar-refractivity contribution in [2.75, 3.05) is 27.7 Å². The van der Waals surface area contributed by atoms with Crippen molar-refractivity contribution in [1.29, 1.82) is 0 Å². The van der Waals surface area contributed by atoms with Crippen molar-refractivity contribution in [1.82, 2.24) is 14.0 Å². The summed E-state index contributed by atoms with van der Waals surface area (Å²) in [7, 11) is 5.71. The lowest BCUT2D eigenvalue weighted by atomic mass is 10.00. The third-order valence-corrected chi connectivity index (χ3v) is 3.95. The van der Waals surface area contributed by atoms with Gasteiger partial charge >= 0.3 is 0 Å². The molecule has 0 amide bonds. The summed E-state index contributed by atoms with van der Waals surface area (Å²) in [4.78, 5) is 4.27. The minimum Gasteiger partial charge on any atom is -0.286 e. The van der Waals surface area contributed by atoms with Gasteiger partial charge in [-0.15, -0.1) is 0 Å². The Kier molecular flexibility index (Phi) is 5.50. The summed E-state index contributed by atoms with van der Waals surface area (Å²) in [6.07, 6.45) is 0. The Morgan fingerprint density at radius 2 is 2.10 bits per heavy atom. The van der Waals surface area contributed by atoms with Crippen LogP contribution in [0.1, 0.15) is 12.5 Å². The maximum Gasteiger partial charge on any atom is 0.225 e. The number of aliphatic imine (C=N–C) groups is 1. The number of halogens is 1. The molecule has 0 radical (unpaired) electrons. The van der Waals surface area contributed by atoms with Crippen LogP contribution in [-0.2, 0) is 0 Å². The van der Waals surface area contributed by atoms with Crippen LogP contribution in [0, 0.1) is 5.92 Å². The summed E-state index contributed by atoms with van der Waals surface area (Å²) >= 11 is 7.42. The average molecular weight is 326 g/mol. The van der Waals surface area contributed by atoms with Crippen LogP contribution in [0.3, 0.4) is 0 Å². The molecule has 1 atom stereocenters. The van der Waals surface area contributed by atoms with E-state index >= 15 is 0 Å². The first kappa shape index (κ1) is 16.1. The van der Waals surface area contributed by atoms with Gasteiger partial charge in [0, 0.05) is 30.1 Å². The van der Waals surface area contributed by atoms with E-state index in [1.807, 2.05) is 47.7 Å². The number of hydrogen-bond acceptors (Lipinski definition) is 4. The van der Waals surface area contributed by atoms with E-state index in [1.165, 1.54) is 12.1 Å². The fourth-order valence-corrected chi connectivity index (χ4v) is 2.64. The smallest absolute Gasteiger partial charge is 0.225 e. The van der Waals surface area contributed by atoms with E-state index in [1.54, 1.807) is 7.05 Å². The van der Waals surface area contributed by atoms with E-state index in [-0.39, 0.29) is 0 Å². The van der Waals surface area contributed by atoms with Gasteiger partial charge in [0.15, 0.2) is 0 Å². The molecule has 1 aliphatic heterocycles. The molecule has 0 saturated carbocycles. The highest BCUT2D eigenvalue weighted by atomic mass is 35.5. The molecule has 1 aromatic carbocycles. The van der Waals surface area contributed by atoms with Crippen molar-refractivity contribution in [3.05, 3.63) is 34.9 Å². The number of rotatable bonds is 3. The van der Waals surface area contributed by atoms with Crippen LogP contribution in [0.2, 0.25) is 5.02 Å². The highest BCUT2D eigenvalue weighted by Crippen LogP contribution is 2.21. The second kappa shape index (κ2) is 7.15.